The van der Waals surface area contributed by atoms with E-state index in [0.717, 1.165) is 25.2 Å². The monoisotopic (exact) mass is 382 g/mol. The van der Waals surface area contributed by atoms with Crippen LogP contribution in [0.15, 0.2) is 48.7 Å². The molecule has 1 unspecified atom stereocenters. The van der Waals surface area contributed by atoms with Gasteiger partial charge in [0.25, 0.3) is 5.82 Å². The van der Waals surface area contributed by atoms with E-state index in [1.807, 2.05) is 42.5 Å². The Balaban J connectivity index is 0.000000320. The molecule has 0 radical (unpaired) electrons. The first-order valence-electron chi connectivity index (χ1n) is 9.37. The number of aliphatic hydroxyl groups is 1. The highest BCUT2D eigenvalue weighted by Crippen LogP contribution is 2.30. The van der Waals surface area contributed by atoms with Gasteiger partial charge in [0, 0.05) is 18.7 Å². The normalized spacial score (nSPS) is 16.7. The number of rotatable bonds is 3. The van der Waals surface area contributed by atoms with Crippen molar-refractivity contribution in [2.75, 3.05) is 18.0 Å². The number of aromatic carboxylic acids is 1. The van der Waals surface area contributed by atoms with Gasteiger partial charge in [0.15, 0.2) is 5.65 Å². The summed E-state index contributed by atoms with van der Waals surface area (Å²) in [5.41, 5.74) is 0.743. The third-order valence-corrected chi connectivity index (χ3v) is 4.73. The van der Waals surface area contributed by atoms with Crippen molar-refractivity contribution in [3.8, 4) is 0 Å². The van der Waals surface area contributed by atoms with Crippen molar-refractivity contribution in [3.63, 3.8) is 0 Å². The number of aromatic nitrogens is 3. The van der Waals surface area contributed by atoms with E-state index in [0.29, 0.717) is 17.1 Å². The summed E-state index contributed by atoms with van der Waals surface area (Å²) < 4.78 is 1.45. The van der Waals surface area contributed by atoms with Crippen molar-refractivity contribution in [3.05, 3.63) is 60.0 Å². The second-order valence-electron chi connectivity index (χ2n) is 7.67. The van der Waals surface area contributed by atoms with Gasteiger partial charge in [0.1, 0.15) is 0 Å². The molecule has 1 saturated heterocycles. The van der Waals surface area contributed by atoms with E-state index in [1.165, 1.54) is 4.52 Å². The molecule has 0 bridgehead atoms. The molecule has 2 N–H and O–H groups in total. The van der Waals surface area contributed by atoms with Crippen LogP contribution in [0.5, 0.6) is 0 Å². The second kappa shape index (κ2) is 7.98. The van der Waals surface area contributed by atoms with Gasteiger partial charge in [-0.2, -0.15) is 0 Å². The maximum atomic E-state index is 11.1. The van der Waals surface area contributed by atoms with Gasteiger partial charge in [-0.25, -0.2) is 14.3 Å². The smallest absolute Gasteiger partial charge is 0.375 e. The van der Waals surface area contributed by atoms with Gasteiger partial charge >= 0.3 is 5.97 Å². The van der Waals surface area contributed by atoms with Crippen LogP contribution in [-0.4, -0.2) is 43.9 Å². The molecule has 1 atom stereocenters. The summed E-state index contributed by atoms with van der Waals surface area (Å²) in [4.78, 5) is 17.4. The molecule has 7 nitrogen and oxygen atoms in total. The Labute approximate surface area is 164 Å². The van der Waals surface area contributed by atoms with Crippen molar-refractivity contribution in [2.45, 2.75) is 32.8 Å². The summed E-state index contributed by atoms with van der Waals surface area (Å²) in [6.45, 7) is 7.41. The third-order valence-electron chi connectivity index (χ3n) is 4.73. The molecule has 3 aromatic rings. The average Bonchev–Trinajstić information content (AvgIpc) is 3.28. The molecule has 0 aliphatic carbocycles. The molecule has 7 heteroatoms. The van der Waals surface area contributed by atoms with Crippen LogP contribution in [0.2, 0.25) is 0 Å². The fraction of sp³-hybridized carbons (Fsp3) is 0.381. The second-order valence-corrected chi connectivity index (χ2v) is 7.67. The molecule has 1 aliphatic heterocycles. The zero-order valence-electron chi connectivity index (χ0n) is 16.4. The quantitative estimate of drug-likeness (QED) is 0.723. The third kappa shape index (κ3) is 4.48. The Hall–Kier alpha value is -2.93. The summed E-state index contributed by atoms with van der Waals surface area (Å²) in [5, 5.41) is 23.5. The van der Waals surface area contributed by atoms with Crippen molar-refractivity contribution in [1.29, 1.82) is 0 Å². The zero-order chi connectivity index (χ0) is 20.3. The highest BCUT2D eigenvalue weighted by atomic mass is 16.4. The van der Waals surface area contributed by atoms with E-state index < -0.39 is 11.6 Å². The summed E-state index contributed by atoms with van der Waals surface area (Å²) >= 11 is 0. The maximum Gasteiger partial charge on any atom is 0.375 e. The molecule has 28 heavy (non-hydrogen) atoms. The number of carboxylic acid groups (broad SMARTS) is 1. The first-order valence-corrected chi connectivity index (χ1v) is 9.37. The Morgan fingerprint density at radius 2 is 1.79 bits per heavy atom. The van der Waals surface area contributed by atoms with Gasteiger partial charge < -0.3 is 15.1 Å². The Morgan fingerprint density at radius 3 is 2.25 bits per heavy atom. The van der Waals surface area contributed by atoms with E-state index in [1.54, 1.807) is 20.0 Å². The molecule has 0 saturated carbocycles. The Bertz CT molecular complexity index is 921. The first kappa shape index (κ1) is 19.8. The summed E-state index contributed by atoms with van der Waals surface area (Å²) in [5.74, 6) is -0.828. The SMILES string of the molecule is CC1CCN(c2cc(C(C)(C)O)c3nc(C(=O)O)nn3c2)C1.c1ccccc1. The standard InChI is InChI=1S/C15H20N4O3.C6H6/c1-9-4-5-18(7-9)10-6-11(15(2,3)22)13-16-12(14(20)21)17-19(13)8-10;1-2-4-6-5-3-1/h6,8-9,22H,4-5,7H2,1-3H3,(H,20,21);1-6H. The number of hydrogen-bond acceptors (Lipinski definition) is 5. The van der Waals surface area contributed by atoms with Crippen LogP contribution in [0.1, 0.15) is 43.4 Å². The molecule has 1 aromatic carbocycles. The van der Waals surface area contributed by atoms with Crippen LogP contribution >= 0.6 is 0 Å². The predicted octanol–water partition coefficient (Wildman–Crippen LogP) is 3.19. The van der Waals surface area contributed by atoms with E-state index in [4.69, 9.17) is 5.11 Å². The molecule has 4 rings (SSSR count). The van der Waals surface area contributed by atoms with Crippen LogP contribution in [-0.2, 0) is 5.60 Å². The summed E-state index contributed by atoms with van der Waals surface area (Å²) in [7, 11) is 0. The zero-order valence-corrected chi connectivity index (χ0v) is 16.4. The topological polar surface area (TPSA) is 91.0 Å². The Kier molecular flexibility index (Phi) is 5.65. The molecular weight excluding hydrogens is 356 g/mol. The van der Waals surface area contributed by atoms with E-state index in [9.17, 15) is 9.90 Å². The molecule has 3 heterocycles. The minimum atomic E-state index is -1.18. The van der Waals surface area contributed by atoms with Gasteiger partial charge in [-0.1, -0.05) is 43.3 Å². The number of pyridine rings is 1. The number of anilines is 1. The molecule has 1 fully saturated rings. The van der Waals surface area contributed by atoms with Gasteiger partial charge in [-0.15, -0.1) is 5.10 Å². The number of carbonyl (C=O) groups is 1. The van der Waals surface area contributed by atoms with Crippen LogP contribution in [0.25, 0.3) is 5.65 Å². The Morgan fingerprint density at radius 1 is 1.18 bits per heavy atom. The van der Waals surface area contributed by atoms with Gasteiger partial charge in [-0.05, 0) is 32.3 Å². The lowest BCUT2D eigenvalue weighted by Gasteiger charge is -2.23. The molecule has 0 spiro atoms. The van der Waals surface area contributed by atoms with Gasteiger partial charge in [-0.3, -0.25) is 0 Å². The summed E-state index contributed by atoms with van der Waals surface area (Å²) in [6, 6.07) is 13.9. The number of fused-ring (bicyclic) bond motifs is 1. The summed E-state index contributed by atoms with van der Waals surface area (Å²) in [6.07, 6.45) is 2.90. The number of nitrogens with zero attached hydrogens (tertiary/aromatic N) is 4. The highest BCUT2D eigenvalue weighted by Gasteiger charge is 2.27. The fourth-order valence-corrected chi connectivity index (χ4v) is 3.24. The highest BCUT2D eigenvalue weighted by molar-refractivity contribution is 5.84. The lowest BCUT2D eigenvalue weighted by atomic mass is 9.99. The minimum Gasteiger partial charge on any atom is -0.475 e. The van der Waals surface area contributed by atoms with Gasteiger partial charge in [0.2, 0.25) is 0 Å². The van der Waals surface area contributed by atoms with E-state index in [-0.39, 0.29) is 5.82 Å². The molecule has 148 valence electrons. The molecular formula is C21H26N4O3. The van der Waals surface area contributed by atoms with Crippen LogP contribution in [0.3, 0.4) is 0 Å². The van der Waals surface area contributed by atoms with E-state index in [2.05, 4.69) is 21.9 Å². The van der Waals surface area contributed by atoms with Crippen molar-refractivity contribution in [1.82, 2.24) is 14.6 Å². The minimum absolute atomic E-state index is 0.266. The van der Waals surface area contributed by atoms with Crippen molar-refractivity contribution in [2.24, 2.45) is 5.92 Å². The largest absolute Gasteiger partial charge is 0.475 e. The maximum absolute atomic E-state index is 11.1. The molecule has 0 amide bonds. The van der Waals surface area contributed by atoms with Crippen LogP contribution < -0.4 is 4.90 Å². The van der Waals surface area contributed by atoms with Crippen molar-refractivity contribution < 1.29 is 15.0 Å². The average molecular weight is 382 g/mol. The number of carboxylic acids is 1. The van der Waals surface area contributed by atoms with E-state index >= 15 is 0 Å². The van der Waals surface area contributed by atoms with Crippen LogP contribution in [0.4, 0.5) is 5.69 Å². The first-order chi connectivity index (χ1) is 13.3. The fourth-order valence-electron chi connectivity index (χ4n) is 3.24. The lowest BCUT2D eigenvalue weighted by molar-refractivity contribution is 0.0682. The molecule has 1 aliphatic rings. The number of benzene rings is 1. The molecule has 2 aromatic heterocycles. The van der Waals surface area contributed by atoms with Crippen LogP contribution in [0, 0.1) is 5.92 Å². The lowest BCUT2D eigenvalue weighted by Crippen LogP contribution is -2.22. The van der Waals surface area contributed by atoms with Gasteiger partial charge in [0.05, 0.1) is 17.5 Å². The number of hydrogen-bond donors (Lipinski definition) is 2. The predicted molar refractivity (Wildman–Crippen MR) is 108 cm³/mol. The van der Waals surface area contributed by atoms with Crippen molar-refractivity contribution >= 4 is 17.3 Å².